The lowest BCUT2D eigenvalue weighted by molar-refractivity contribution is -0.147. The van der Waals surface area contributed by atoms with Crippen LogP contribution in [0.3, 0.4) is 0 Å². The van der Waals surface area contributed by atoms with Crippen LogP contribution in [0.1, 0.15) is 145 Å². The number of carbonyl (C=O) groups excluding carboxylic acids is 9. The van der Waals surface area contributed by atoms with Crippen molar-refractivity contribution < 1.29 is 81.0 Å². The van der Waals surface area contributed by atoms with Crippen molar-refractivity contribution in [2.45, 2.75) is 240 Å². The molecule has 14 atom stereocenters. The second kappa shape index (κ2) is 41.4. The summed E-state index contributed by atoms with van der Waals surface area (Å²) in [6.07, 6.45) is -9.47. The molecule has 0 saturated carbocycles. The summed E-state index contributed by atoms with van der Waals surface area (Å²) in [5.74, 6) is -6.76. The molecule has 0 aromatic heterocycles. The van der Waals surface area contributed by atoms with Crippen LogP contribution in [0.25, 0.3) is 0 Å². The Bertz CT molecular complexity index is 3360. The molecule has 0 unspecified atom stereocenters. The highest BCUT2D eigenvalue weighted by atomic mass is 16.6. The zero-order chi connectivity index (χ0) is 76.4. The lowest BCUT2D eigenvalue weighted by Gasteiger charge is -2.29. The Labute approximate surface area is 613 Å². The molecule has 2 fully saturated rings. The van der Waals surface area contributed by atoms with Crippen molar-refractivity contribution in [2.75, 3.05) is 20.2 Å². The Kier molecular flexibility index (Phi) is 33.7. The maximum absolute atomic E-state index is 15.2. The molecule has 2 aliphatic heterocycles. The van der Waals surface area contributed by atoms with Crippen LogP contribution < -0.4 is 42.5 Å². The lowest BCUT2D eigenvalue weighted by Crippen LogP contribution is -2.58. The first kappa shape index (κ1) is 84.6. The molecule has 25 nitrogen and oxygen atoms in total. The fraction of sp³-hybridized carbons (Fsp3) is 0.582. The first-order valence-corrected chi connectivity index (χ1v) is 36.4. The molecule has 0 bridgehead atoms. The van der Waals surface area contributed by atoms with Crippen LogP contribution >= 0.6 is 0 Å². The Hall–Kier alpha value is -8.33. The maximum atomic E-state index is 15.2. The van der Waals surface area contributed by atoms with E-state index in [1.54, 1.807) is 62.3 Å². The highest BCUT2D eigenvalue weighted by Gasteiger charge is 2.52. The summed E-state index contributed by atoms with van der Waals surface area (Å²) in [7, 11) is 1.23. The van der Waals surface area contributed by atoms with Gasteiger partial charge in [-0.15, -0.1) is 0 Å². The van der Waals surface area contributed by atoms with Gasteiger partial charge >= 0.3 is 12.1 Å². The topological polar surface area (TPSA) is 324 Å². The average molecular weight is 1450 g/mol. The standard InChI is InChI=1S/C79H114N8O17/c1-46(2)37-56(82-75(93)68-66(100-44-54-33-25-19-26-34-54)64(98-42-52-29-21-17-22-30-52)60(102-68)41-81-74(92)62(50(9)10)86-72(90)58(39-48(5)6)84-78(96)104-79(13,14)15)70(88)85-61(49(7)8)73(91)80-40-59-65(99-43-53-31-23-18-24-32-53)67(101-45-55-35-27-20-28-36-55)69(103-59)76(94)83-57(38-47(3)4)71(89)87-63(51(11)12)77(95)97-16/h17-36,46-51,56-69H,37-45H2,1-16H3,(H,80,91)(H,81,92)(H,82,93)(H,83,94)(H,84,96)(H,85,88)(H,86,90)(H,87,89)/t56-,57-,58-,59+,60+,61-,62-,63-,64+,65+,66-,67-,68+,69+/m0/s1. The molecule has 104 heavy (non-hydrogen) atoms. The van der Waals surface area contributed by atoms with Gasteiger partial charge in [0.2, 0.25) is 29.5 Å². The Morgan fingerprint density at radius 2 is 0.673 bits per heavy atom. The summed E-state index contributed by atoms with van der Waals surface area (Å²) in [5, 5.41) is 22.9. The quantitative estimate of drug-likeness (QED) is 0.0198. The third-order valence-corrected chi connectivity index (χ3v) is 17.5. The number of benzene rings is 4. The van der Waals surface area contributed by atoms with E-state index in [0.717, 1.165) is 22.3 Å². The van der Waals surface area contributed by atoms with Gasteiger partial charge in [-0.1, -0.05) is 204 Å². The van der Waals surface area contributed by atoms with Gasteiger partial charge in [0, 0.05) is 13.1 Å². The molecule has 0 radical (unpaired) electrons. The van der Waals surface area contributed by atoms with Crippen molar-refractivity contribution in [2.24, 2.45) is 35.5 Å². The maximum Gasteiger partial charge on any atom is 0.408 e. The van der Waals surface area contributed by atoms with Gasteiger partial charge in [0.25, 0.3) is 11.8 Å². The summed E-state index contributed by atoms with van der Waals surface area (Å²) in [6.45, 7) is 26.7. The lowest BCUT2D eigenvalue weighted by atomic mass is 9.99. The Morgan fingerprint density at radius 1 is 0.385 bits per heavy atom. The summed E-state index contributed by atoms with van der Waals surface area (Å²) in [4.78, 5) is 128. The predicted octanol–water partition coefficient (Wildman–Crippen LogP) is 7.69. The number of ether oxygens (including phenoxy) is 8. The molecule has 572 valence electrons. The van der Waals surface area contributed by atoms with Gasteiger partial charge in [-0.3, -0.25) is 33.6 Å². The van der Waals surface area contributed by atoms with Crippen molar-refractivity contribution in [1.82, 2.24) is 42.5 Å². The number of nitrogens with one attached hydrogen (secondary N) is 8. The van der Waals surface area contributed by atoms with Gasteiger partial charge in [-0.05, 0) is 97.8 Å². The minimum absolute atomic E-state index is 0.0114. The molecular weight excluding hydrogens is 1330 g/mol. The van der Waals surface area contributed by atoms with Crippen molar-refractivity contribution in [3.8, 4) is 0 Å². The number of hydrogen-bond donors (Lipinski definition) is 8. The van der Waals surface area contributed by atoms with Gasteiger partial charge in [0.15, 0.2) is 12.2 Å². The Morgan fingerprint density at radius 3 is 0.952 bits per heavy atom. The second-order valence-corrected chi connectivity index (χ2v) is 30.1. The third kappa shape index (κ3) is 27.0. The van der Waals surface area contributed by atoms with E-state index in [4.69, 9.17) is 37.9 Å². The van der Waals surface area contributed by atoms with Crippen LogP contribution in [-0.4, -0.2) is 164 Å². The predicted molar refractivity (Wildman–Crippen MR) is 391 cm³/mol. The van der Waals surface area contributed by atoms with E-state index in [-0.39, 0.29) is 82.5 Å². The summed E-state index contributed by atoms with van der Waals surface area (Å²) in [5.41, 5.74) is 2.32. The average Bonchev–Trinajstić information content (AvgIpc) is 1.66. The number of esters is 1. The number of methoxy groups -OCH3 is 1. The molecule has 4 aromatic rings. The summed E-state index contributed by atoms with van der Waals surface area (Å²) < 4.78 is 50.4. The number of amides is 8. The second-order valence-electron chi connectivity index (χ2n) is 30.1. The molecule has 2 saturated heterocycles. The van der Waals surface area contributed by atoms with Crippen molar-refractivity contribution in [3.05, 3.63) is 144 Å². The molecule has 8 N–H and O–H groups in total. The minimum atomic E-state index is -1.44. The first-order chi connectivity index (χ1) is 49.3. The van der Waals surface area contributed by atoms with Crippen LogP contribution in [-0.2, 0) is 103 Å². The van der Waals surface area contributed by atoms with Crippen molar-refractivity contribution >= 4 is 53.4 Å². The number of hydrogen-bond acceptors (Lipinski definition) is 17. The molecule has 0 spiro atoms. The van der Waals surface area contributed by atoms with Crippen molar-refractivity contribution in [1.29, 1.82) is 0 Å². The van der Waals surface area contributed by atoms with E-state index in [1.807, 2.05) is 163 Å². The van der Waals surface area contributed by atoms with E-state index >= 15 is 4.79 Å². The van der Waals surface area contributed by atoms with Crippen LogP contribution in [0.5, 0.6) is 0 Å². The molecule has 6 rings (SSSR count). The van der Waals surface area contributed by atoms with E-state index in [2.05, 4.69) is 42.5 Å². The fourth-order valence-corrected chi connectivity index (χ4v) is 12.2. The SMILES string of the molecule is COC(=O)[C@@H](NC(=O)[C@H](CC(C)C)NC(=O)[C@@H]1O[C@H](CNC(=O)[C@@H](NC(=O)[C@H](CC(C)C)NC(=O)[C@@H]2O[C@H](CNC(=O)[C@@H](NC(=O)[C@H](CC(C)C)NC(=O)OC(C)(C)C)C(C)C)[C@@H](OCc3ccccc3)[C@@H]2OCc2ccccc2)C(C)C)[C@@H](OCc2ccccc2)[C@@H]1OCc1ccccc1)C(C)C. The smallest absolute Gasteiger partial charge is 0.408 e. The van der Waals surface area contributed by atoms with E-state index in [0.29, 0.717) is 0 Å². The molecule has 25 heteroatoms. The zero-order valence-corrected chi connectivity index (χ0v) is 63.4. The number of alkyl carbamates (subject to hydrolysis) is 1. The fourth-order valence-electron chi connectivity index (χ4n) is 12.2. The largest absolute Gasteiger partial charge is 0.467 e. The highest BCUT2D eigenvalue weighted by Crippen LogP contribution is 2.32. The highest BCUT2D eigenvalue weighted by molar-refractivity contribution is 5.95. The summed E-state index contributed by atoms with van der Waals surface area (Å²) in [6, 6.07) is 30.6. The zero-order valence-electron chi connectivity index (χ0n) is 63.4. The van der Waals surface area contributed by atoms with Crippen LogP contribution in [0.2, 0.25) is 0 Å². The monoisotopic (exact) mass is 1450 g/mol. The molecular formula is C79H114N8O17. The van der Waals surface area contributed by atoms with Gasteiger partial charge in [0.05, 0.1) is 33.5 Å². The normalized spacial score (nSPS) is 20.6. The Balaban J connectivity index is 1.26. The van der Waals surface area contributed by atoms with Gasteiger partial charge in [-0.25, -0.2) is 9.59 Å². The van der Waals surface area contributed by atoms with E-state index in [1.165, 1.54) is 7.11 Å². The van der Waals surface area contributed by atoms with Crippen molar-refractivity contribution in [3.63, 3.8) is 0 Å². The van der Waals surface area contributed by atoms with Gasteiger partial charge in [0.1, 0.15) is 78.5 Å². The summed E-state index contributed by atoms with van der Waals surface area (Å²) >= 11 is 0. The van der Waals surface area contributed by atoms with Gasteiger partial charge < -0.3 is 80.4 Å². The molecule has 4 aromatic carbocycles. The van der Waals surface area contributed by atoms with Crippen LogP contribution in [0.4, 0.5) is 4.79 Å². The molecule has 0 aliphatic carbocycles. The van der Waals surface area contributed by atoms with Crippen LogP contribution in [0, 0.1) is 35.5 Å². The number of rotatable bonds is 39. The molecule has 2 heterocycles. The minimum Gasteiger partial charge on any atom is -0.467 e. The van der Waals surface area contributed by atoms with E-state index in [9.17, 15) is 38.4 Å². The number of carbonyl (C=O) groups is 9. The molecule has 8 amide bonds. The van der Waals surface area contributed by atoms with E-state index < -0.39 is 156 Å². The third-order valence-electron chi connectivity index (χ3n) is 17.5. The van der Waals surface area contributed by atoms with Gasteiger partial charge in [-0.2, -0.15) is 0 Å². The van der Waals surface area contributed by atoms with Crippen LogP contribution in [0.15, 0.2) is 121 Å². The molecule has 2 aliphatic rings. The first-order valence-electron chi connectivity index (χ1n) is 36.4.